The molecule has 3 rings (SSSR count). The minimum atomic E-state index is -0.108. The molecule has 1 aliphatic rings. The summed E-state index contributed by atoms with van der Waals surface area (Å²) < 4.78 is 1.81. The van der Waals surface area contributed by atoms with Crippen LogP contribution < -0.4 is 10.6 Å². The Hall–Kier alpha value is -2.30. The van der Waals surface area contributed by atoms with Gasteiger partial charge in [-0.25, -0.2) is 0 Å². The molecule has 1 aromatic heterocycles. The summed E-state index contributed by atoms with van der Waals surface area (Å²) in [5, 5.41) is 10.5. The lowest BCUT2D eigenvalue weighted by atomic mass is 10.0. The number of aryl methyl sites for hydroxylation is 1. The number of carbonyl (C=O) groups excluding carboxylic acids is 1. The maximum absolute atomic E-state index is 12.3. The fourth-order valence-corrected chi connectivity index (χ4v) is 2.54. The van der Waals surface area contributed by atoms with Crippen molar-refractivity contribution in [2.75, 3.05) is 11.9 Å². The Morgan fingerprint density at radius 1 is 1.50 bits per heavy atom. The molecule has 0 radical (unpaired) electrons. The monoisotopic (exact) mass is 270 g/mol. The second-order valence-corrected chi connectivity index (χ2v) is 5.12. The second-order valence-electron chi connectivity index (χ2n) is 5.12. The van der Waals surface area contributed by atoms with Crippen molar-refractivity contribution in [1.29, 1.82) is 0 Å². The lowest BCUT2D eigenvalue weighted by Crippen LogP contribution is -2.30. The molecule has 2 heterocycles. The first-order valence-corrected chi connectivity index (χ1v) is 6.75. The number of nitrogens with one attached hydrogen (secondary N) is 2. The van der Waals surface area contributed by atoms with Gasteiger partial charge in [-0.15, -0.1) is 0 Å². The van der Waals surface area contributed by atoms with Crippen molar-refractivity contribution in [2.45, 2.75) is 19.4 Å². The lowest BCUT2D eigenvalue weighted by Gasteiger charge is -2.11. The highest BCUT2D eigenvalue weighted by atomic mass is 16.1. The van der Waals surface area contributed by atoms with Crippen LogP contribution in [-0.4, -0.2) is 22.2 Å². The van der Waals surface area contributed by atoms with Crippen LogP contribution in [0.3, 0.4) is 0 Å². The molecule has 104 valence electrons. The van der Waals surface area contributed by atoms with Crippen molar-refractivity contribution in [3.8, 4) is 0 Å². The van der Waals surface area contributed by atoms with Gasteiger partial charge in [0, 0.05) is 37.1 Å². The fraction of sp³-hybridized carbons (Fsp3) is 0.333. The van der Waals surface area contributed by atoms with Gasteiger partial charge in [-0.3, -0.25) is 9.48 Å². The van der Waals surface area contributed by atoms with E-state index in [1.54, 1.807) is 6.20 Å². The van der Waals surface area contributed by atoms with Crippen molar-refractivity contribution < 1.29 is 4.79 Å². The molecule has 1 amide bonds. The van der Waals surface area contributed by atoms with Gasteiger partial charge in [-0.05, 0) is 18.6 Å². The Kier molecular flexibility index (Phi) is 3.18. The van der Waals surface area contributed by atoms with Crippen molar-refractivity contribution in [3.63, 3.8) is 0 Å². The highest BCUT2D eigenvalue weighted by Gasteiger charge is 2.27. The number of nitrogens with zero attached hydrogens (tertiary/aromatic N) is 2. The van der Waals surface area contributed by atoms with Crippen LogP contribution in [0.1, 0.15) is 22.7 Å². The topological polar surface area (TPSA) is 59.0 Å². The van der Waals surface area contributed by atoms with Crippen molar-refractivity contribution in [3.05, 3.63) is 47.3 Å². The average Bonchev–Trinajstić information content (AvgIpc) is 3.02. The highest BCUT2D eigenvalue weighted by Crippen LogP contribution is 2.30. The second kappa shape index (κ2) is 5.00. The summed E-state index contributed by atoms with van der Waals surface area (Å²) in [6, 6.07) is 7.96. The zero-order valence-corrected chi connectivity index (χ0v) is 11.7. The van der Waals surface area contributed by atoms with Crippen LogP contribution in [0.25, 0.3) is 0 Å². The normalized spacial score (nSPS) is 16.6. The minimum absolute atomic E-state index is 0.0608. The largest absolute Gasteiger partial charge is 0.384 e. The van der Waals surface area contributed by atoms with Crippen LogP contribution >= 0.6 is 0 Å². The first-order chi connectivity index (χ1) is 9.66. The molecule has 5 heteroatoms. The Morgan fingerprint density at radius 3 is 3.05 bits per heavy atom. The number of hydrogen-bond acceptors (Lipinski definition) is 3. The Morgan fingerprint density at radius 2 is 2.30 bits per heavy atom. The van der Waals surface area contributed by atoms with E-state index in [0.29, 0.717) is 13.1 Å². The molecule has 0 aliphatic carbocycles. The number of aromatic nitrogens is 2. The van der Waals surface area contributed by atoms with E-state index < -0.39 is 0 Å². The van der Waals surface area contributed by atoms with Gasteiger partial charge in [0.15, 0.2) is 0 Å². The summed E-state index contributed by atoms with van der Waals surface area (Å²) in [7, 11) is 1.90. The summed E-state index contributed by atoms with van der Waals surface area (Å²) in [4.78, 5) is 12.3. The first-order valence-electron chi connectivity index (χ1n) is 6.75. The summed E-state index contributed by atoms with van der Waals surface area (Å²) in [5.74, 6) is -0.0473. The van der Waals surface area contributed by atoms with Gasteiger partial charge >= 0.3 is 0 Å². The molecule has 0 saturated carbocycles. The van der Waals surface area contributed by atoms with Gasteiger partial charge in [-0.2, -0.15) is 5.10 Å². The van der Waals surface area contributed by atoms with Crippen molar-refractivity contribution in [2.24, 2.45) is 7.05 Å². The molecule has 1 aliphatic heterocycles. The maximum Gasteiger partial charge on any atom is 0.229 e. The highest BCUT2D eigenvalue weighted by molar-refractivity contribution is 5.88. The standard InChI is InChI=1S/C15H18N4O/c1-10-11(8-18-19(10)2)7-17-15(20)13-9-16-14-6-4-3-5-12(13)14/h3-6,8,13,16H,7,9H2,1-2H3,(H,17,20). The van der Waals surface area contributed by atoms with Crippen LogP contribution in [0.2, 0.25) is 0 Å². The predicted octanol–water partition coefficient (Wildman–Crippen LogP) is 1.55. The molecule has 20 heavy (non-hydrogen) atoms. The predicted molar refractivity (Wildman–Crippen MR) is 77.5 cm³/mol. The Bertz CT molecular complexity index is 647. The van der Waals surface area contributed by atoms with E-state index in [2.05, 4.69) is 15.7 Å². The molecule has 1 atom stereocenters. The van der Waals surface area contributed by atoms with E-state index >= 15 is 0 Å². The van der Waals surface area contributed by atoms with Gasteiger partial charge in [0.25, 0.3) is 0 Å². The van der Waals surface area contributed by atoms with Gasteiger partial charge in [0.05, 0.1) is 12.1 Å². The third-order valence-electron chi connectivity index (χ3n) is 3.94. The number of para-hydroxylation sites is 1. The van der Waals surface area contributed by atoms with Crippen molar-refractivity contribution in [1.82, 2.24) is 15.1 Å². The third kappa shape index (κ3) is 2.15. The first kappa shape index (κ1) is 12.7. The van der Waals surface area contributed by atoms with E-state index in [0.717, 1.165) is 22.5 Å². The van der Waals surface area contributed by atoms with Crippen LogP contribution in [0.15, 0.2) is 30.5 Å². The summed E-state index contributed by atoms with van der Waals surface area (Å²) in [6.07, 6.45) is 1.80. The fourth-order valence-electron chi connectivity index (χ4n) is 2.54. The zero-order chi connectivity index (χ0) is 14.1. The number of carbonyl (C=O) groups is 1. The Balaban J connectivity index is 1.68. The van der Waals surface area contributed by atoms with Crippen LogP contribution in [-0.2, 0) is 18.4 Å². The molecule has 0 spiro atoms. The molecule has 1 unspecified atom stereocenters. The number of hydrogen-bond donors (Lipinski definition) is 2. The molecule has 0 bridgehead atoms. The summed E-state index contributed by atoms with van der Waals surface area (Å²) in [5.41, 5.74) is 4.27. The lowest BCUT2D eigenvalue weighted by molar-refractivity contribution is -0.122. The molecule has 0 fully saturated rings. The van der Waals surface area contributed by atoms with Crippen LogP contribution in [0.4, 0.5) is 5.69 Å². The molecule has 2 N–H and O–H groups in total. The zero-order valence-electron chi connectivity index (χ0n) is 11.7. The van der Waals surface area contributed by atoms with E-state index in [9.17, 15) is 4.79 Å². The Labute approximate surface area is 118 Å². The van der Waals surface area contributed by atoms with E-state index in [1.807, 2.05) is 42.9 Å². The van der Waals surface area contributed by atoms with Crippen molar-refractivity contribution >= 4 is 11.6 Å². The SMILES string of the molecule is Cc1c(CNC(=O)C2CNc3ccccc32)cnn1C. The number of fused-ring (bicyclic) bond motifs is 1. The number of benzene rings is 1. The van der Waals surface area contributed by atoms with Gasteiger partial charge < -0.3 is 10.6 Å². The molecule has 5 nitrogen and oxygen atoms in total. The smallest absolute Gasteiger partial charge is 0.229 e. The molecule has 2 aromatic rings. The molecular formula is C15H18N4O. The quantitative estimate of drug-likeness (QED) is 0.889. The molecular weight excluding hydrogens is 252 g/mol. The maximum atomic E-state index is 12.3. The van der Waals surface area contributed by atoms with E-state index in [4.69, 9.17) is 0 Å². The average molecular weight is 270 g/mol. The summed E-state index contributed by atoms with van der Waals surface area (Å²) in [6.45, 7) is 3.19. The van der Waals surface area contributed by atoms with Gasteiger partial charge in [0.1, 0.15) is 0 Å². The molecule has 0 saturated heterocycles. The van der Waals surface area contributed by atoms with E-state index in [1.165, 1.54) is 0 Å². The molecule has 1 aromatic carbocycles. The number of anilines is 1. The number of rotatable bonds is 3. The van der Waals surface area contributed by atoms with Crippen LogP contribution in [0, 0.1) is 6.92 Å². The minimum Gasteiger partial charge on any atom is -0.384 e. The van der Waals surface area contributed by atoms with Gasteiger partial charge in [0.2, 0.25) is 5.91 Å². The number of amides is 1. The third-order valence-corrected chi connectivity index (χ3v) is 3.94. The van der Waals surface area contributed by atoms with E-state index in [-0.39, 0.29) is 11.8 Å². The van der Waals surface area contributed by atoms with Crippen LogP contribution in [0.5, 0.6) is 0 Å². The summed E-state index contributed by atoms with van der Waals surface area (Å²) >= 11 is 0. The van der Waals surface area contributed by atoms with Gasteiger partial charge in [-0.1, -0.05) is 18.2 Å².